The Morgan fingerprint density at radius 3 is 2.87 bits per heavy atom. The van der Waals surface area contributed by atoms with Crippen molar-refractivity contribution in [2.75, 3.05) is 6.54 Å². The summed E-state index contributed by atoms with van der Waals surface area (Å²) < 4.78 is 0. The van der Waals surface area contributed by atoms with E-state index in [0.717, 1.165) is 12.8 Å². The molecule has 2 unspecified atom stereocenters. The van der Waals surface area contributed by atoms with E-state index in [4.69, 9.17) is 0 Å². The Morgan fingerprint density at radius 2 is 2.33 bits per heavy atom. The van der Waals surface area contributed by atoms with Crippen LogP contribution in [0.4, 0.5) is 0 Å². The third-order valence-corrected chi connectivity index (χ3v) is 3.58. The summed E-state index contributed by atoms with van der Waals surface area (Å²) in [5.74, 6) is 0. The zero-order valence-electron chi connectivity index (χ0n) is 9.79. The van der Waals surface area contributed by atoms with Crippen molar-refractivity contribution in [3.8, 4) is 0 Å². The minimum atomic E-state index is -0.580. The van der Waals surface area contributed by atoms with Crippen LogP contribution in [0.3, 0.4) is 0 Å². The molecule has 0 radical (unpaired) electrons. The summed E-state index contributed by atoms with van der Waals surface area (Å²) in [7, 11) is 0. The van der Waals surface area contributed by atoms with Gasteiger partial charge < -0.3 is 10.4 Å². The van der Waals surface area contributed by atoms with Crippen LogP contribution < -0.4 is 5.32 Å². The van der Waals surface area contributed by atoms with E-state index in [1.54, 1.807) is 11.3 Å². The molecule has 1 aromatic rings. The maximum atomic E-state index is 9.84. The van der Waals surface area contributed by atoms with E-state index in [2.05, 4.69) is 29.8 Å². The lowest BCUT2D eigenvalue weighted by Crippen LogP contribution is -2.41. The predicted octanol–water partition coefficient (Wildman–Crippen LogP) is 2.43. The highest BCUT2D eigenvalue weighted by Gasteiger charge is 2.17. The molecule has 0 saturated heterocycles. The molecule has 0 spiro atoms. The monoisotopic (exact) mass is 227 g/mol. The van der Waals surface area contributed by atoms with Crippen LogP contribution in [0.5, 0.6) is 0 Å². The summed E-state index contributed by atoms with van der Waals surface area (Å²) in [6.45, 7) is 6.70. The highest BCUT2D eigenvalue weighted by atomic mass is 32.1. The lowest BCUT2D eigenvalue weighted by Gasteiger charge is -2.24. The van der Waals surface area contributed by atoms with Crippen LogP contribution in [0.25, 0.3) is 0 Å². The Hall–Kier alpha value is -0.380. The normalized spacial score (nSPS) is 17.3. The largest absolute Gasteiger partial charge is 0.389 e. The molecule has 86 valence electrons. The maximum absolute atomic E-state index is 9.84. The van der Waals surface area contributed by atoms with Gasteiger partial charge in [0.15, 0.2) is 0 Å². The summed E-state index contributed by atoms with van der Waals surface area (Å²) in [5, 5.41) is 15.3. The molecule has 0 aliphatic heterocycles. The first-order valence-electron chi connectivity index (χ1n) is 5.51. The van der Waals surface area contributed by atoms with Gasteiger partial charge in [-0.3, -0.25) is 0 Å². The molecule has 1 heterocycles. The zero-order chi connectivity index (χ0) is 11.3. The second-order valence-corrected chi connectivity index (χ2v) is 5.45. The molecule has 1 aromatic heterocycles. The quantitative estimate of drug-likeness (QED) is 0.782. The molecule has 2 nitrogen and oxygen atoms in total. The smallest absolute Gasteiger partial charge is 0.0741 e. The average molecular weight is 227 g/mol. The molecule has 2 N–H and O–H groups in total. The van der Waals surface area contributed by atoms with Crippen molar-refractivity contribution in [2.45, 2.75) is 45.3 Å². The first-order chi connectivity index (χ1) is 7.03. The van der Waals surface area contributed by atoms with Crippen LogP contribution in [-0.2, 0) is 6.42 Å². The van der Waals surface area contributed by atoms with Crippen molar-refractivity contribution in [3.63, 3.8) is 0 Å². The van der Waals surface area contributed by atoms with E-state index in [1.165, 1.54) is 4.88 Å². The zero-order valence-corrected chi connectivity index (χ0v) is 10.6. The second kappa shape index (κ2) is 5.64. The van der Waals surface area contributed by atoms with Crippen molar-refractivity contribution in [3.05, 3.63) is 22.4 Å². The van der Waals surface area contributed by atoms with Gasteiger partial charge in [-0.25, -0.2) is 0 Å². The van der Waals surface area contributed by atoms with Crippen molar-refractivity contribution in [1.82, 2.24) is 5.32 Å². The molecule has 2 atom stereocenters. The first kappa shape index (κ1) is 12.7. The first-order valence-corrected chi connectivity index (χ1v) is 6.39. The fourth-order valence-corrected chi connectivity index (χ4v) is 2.16. The van der Waals surface area contributed by atoms with Gasteiger partial charge in [0.2, 0.25) is 0 Å². The second-order valence-electron chi connectivity index (χ2n) is 4.42. The lowest BCUT2D eigenvalue weighted by molar-refractivity contribution is 0.0534. The van der Waals surface area contributed by atoms with Gasteiger partial charge in [0.05, 0.1) is 5.60 Å². The van der Waals surface area contributed by atoms with Gasteiger partial charge in [-0.15, -0.1) is 11.3 Å². The number of hydrogen-bond acceptors (Lipinski definition) is 3. The number of aliphatic hydroxyl groups is 1. The fourth-order valence-electron chi connectivity index (χ4n) is 1.32. The summed E-state index contributed by atoms with van der Waals surface area (Å²) in [6, 6.07) is 4.65. The predicted molar refractivity (Wildman–Crippen MR) is 66.4 cm³/mol. The third-order valence-electron chi connectivity index (χ3n) is 2.68. The van der Waals surface area contributed by atoms with Crippen LogP contribution in [0.1, 0.15) is 32.1 Å². The van der Waals surface area contributed by atoms with Gasteiger partial charge in [0.25, 0.3) is 0 Å². The minimum absolute atomic E-state index is 0.418. The molecule has 1 rings (SSSR count). The third kappa shape index (κ3) is 4.78. The molecule has 0 saturated carbocycles. The van der Waals surface area contributed by atoms with E-state index in [0.29, 0.717) is 12.6 Å². The Labute approximate surface area is 96.3 Å². The molecular weight excluding hydrogens is 206 g/mol. The minimum Gasteiger partial charge on any atom is -0.389 e. The summed E-state index contributed by atoms with van der Waals surface area (Å²) in [4.78, 5) is 1.39. The molecule has 0 aromatic carbocycles. The number of thiophene rings is 1. The molecule has 3 heteroatoms. The van der Waals surface area contributed by atoms with Crippen molar-refractivity contribution < 1.29 is 5.11 Å². The molecule has 15 heavy (non-hydrogen) atoms. The van der Waals surface area contributed by atoms with E-state index in [9.17, 15) is 5.11 Å². The van der Waals surface area contributed by atoms with Crippen LogP contribution in [0.15, 0.2) is 17.5 Å². The van der Waals surface area contributed by atoms with Gasteiger partial charge in [0.1, 0.15) is 0 Å². The van der Waals surface area contributed by atoms with Gasteiger partial charge in [-0.2, -0.15) is 0 Å². The van der Waals surface area contributed by atoms with Crippen LogP contribution >= 0.6 is 11.3 Å². The fraction of sp³-hybridized carbons (Fsp3) is 0.667. The van der Waals surface area contributed by atoms with Crippen LogP contribution in [-0.4, -0.2) is 23.3 Å². The van der Waals surface area contributed by atoms with Gasteiger partial charge in [-0.05, 0) is 38.1 Å². The van der Waals surface area contributed by atoms with E-state index in [-0.39, 0.29) is 0 Å². The maximum Gasteiger partial charge on any atom is 0.0741 e. The topological polar surface area (TPSA) is 32.3 Å². The van der Waals surface area contributed by atoms with Crippen molar-refractivity contribution in [2.24, 2.45) is 0 Å². The Kier molecular flexibility index (Phi) is 4.77. The molecule has 0 bridgehead atoms. The molecule has 0 aliphatic rings. The Morgan fingerprint density at radius 1 is 1.60 bits per heavy atom. The molecule has 0 fully saturated rings. The molecule has 0 aliphatic carbocycles. The lowest BCUT2D eigenvalue weighted by atomic mass is 10.0. The van der Waals surface area contributed by atoms with Crippen LogP contribution in [0, 0.1) is 0 Å². The summed E-state index contributed by atoms with van der Waals surface area (Å²) in [6.07, 6.45) is 1.82. The SMILES string of the molecule is CCC(C)(O)CNC(C)Cc1cccs1. The number of nitrogens with one attached hydrogen (secondary N) is 1. The van der Waals surface area contributed by atoms with Gasteiger partial charge in [-0.1, -0.05) is 13.0 Å². The summed E-state index contributed by atoms with van der Waals surface area (Å²) >= 11 is 1.79. The van der Waals surface area contributed by atoms with E-state index in [1.807, 2.05) is 13.8 Å². The molecule has 0 amide bonds. The van der Waals surface area contributed by atoms with Gasteiger partial charge in [0, 0.05) is 17.5 Å². The summed E-state index contributed by atoms with van der Waals surface area (Å²) in [5.41, 5.74) is -0.580. The van der Waals surface area contributed by atoms with E-state index < -0.39 is 5.60 Å². The standard InChI is InChI=1S/C12H21NOS/c1-4-12(3,14)9-13-10(2)8-11-6-5-7-15-11/h5-7,10,13-14H,4,8-9H2,1-3H3. The highest BCUT2D eigenvalue weighted by molar-refractivity contribution is 7.09. The Bertz CT molecular complexity index is 269. The number of hydrogen-bond donors (Lipinski definition) is 2. The van der Waals surface area contributed by atoms with Gasteiger partial charge >= 0.3 is 0 Å². The average Bonchev–Trinajstić information content (AvgIpc) is 2.68. The van der Waals surface area contributed by atoms with Crippen molar-refractivity contribution >= 4 is 11.3 Å². The van der Waals surface area contributed by atoms with Crippen molar-refractivity contribution in [1.29, 1.82) is 0 Å². The van der Waals surface area contributed by atoms with E-state index >= 15 is 0 Å². The Balaban J connectivity index is 2.28. The van der Waals surface area contributed by atoms with Crippen LogP contribution in [0.2, 0.25) is 0 Å². The number of rotatable bonds is 6. The highest BCUT2D eigenvalue weighted by Crippen LogP contribution is 2.12. The molecular formula is C12H21NOS.